The molecular formula is C28H32N4O4. The Morgan fingerprint density at radius 3 is 2.67 bits per heavy atom. The lowest BCUT2D eigenvalue weighted by molar-refractivity contribution is 0.0452. The zero-order valence-electron chi connectivity index (χ0n) is 21.3. The number of carbonyl (C=O) groups is 2. The number of rotatable bonds is 9. The van der Waals surface area contributed by atoms with E-state index in [-0.39, 0.29) is 11.7 Å². The Bertz CT molecular complexity index is 1450. The molecule has 0 aliphatic carbocycles. The van der Waals surface area contributed by atoms with E-state index in [0.717, 1.165) is 51.6 Å². The quantitative estimate of drug-likeness (QED) is 0.260. The second-order valence-electron chi connectivity index (χ2n) is 9.63. The van der Waals surface area contributed by atoms with Gasteiger partial charge < -0.3 is 18.9 Å². The Kier molecular flexibility index (Phi) is 6.53. The highest BCUT2D eigenvalue weighted by molar-refractivity contribution is 6.02. The summed E-state index contributed by atoms with van der Waals surface area (Å²) >= 11 is 0. The van der Waals surface area contributed by atoms with Crippen LogP contribution in [-0.2, 0) is 18.3 Å². The van der Waals surface area contributed by atoms with Crippen LogP contribution in [0.4, 0.5) is 0 Å². The van der Waals surface area contributed by atoms with Gasteiger partial charge in [0.15, 0.2) is 5.78 Å². The van der Waals surface area contributed by atoms with E-state index in [1.54, 1.807) is 14.2 Å². The molecule has 8 nitrogen and oxygen atoms in total. The molecule has 3 heterocycles. The van der Waals surface area contributed by atoms with Crippen LogP contribution in [0.1, 0.15) is 39.3 Å². The van der Waals surface area contributed by atoms with Gasteiger partial charge in [0.2, 0.25) is 0 Å². The summed E-state index contributed by atoms with van der Waals surface area (Å²) in [5.74, 6) is 1.30. The van der Waals surface area contributed by atoms with Crippen molar-refractivity contribution in [2.24, 2.45) is 13.0 Å². The molecule has 0 saturated carbocycles. The molecule has 0 radical (unpaired) electrons. The Balaban J connectivity index is 1.24. The van der Waals surface area contributed by atoms with Gasteiger partial charge in [-0.15, -0.1) is 0 Å². The number of carbonyl (C=O) groups excluding carboxylic acids is 2. The lowest BCUT2D eigenvalue weighted by Gasteiger charge is -2.39. The molecule has 5 rings (SSSR count). The molecule has 188 valence electrons. The van der Waals surface area contributed by atoms with Crippen molar-refractivity contribution in [3.8, 4) is 5.75 Å². The Morgan fingerprint density at radius 2 is 1.92 bits per heavy atom. The van der Waals surface area contributed by atoms with E-state index in [4.69, 9.17) is 14.6 Å². The molecule has 1 amide bonds. The number of nitrogens with zero attached hydrogens (tertiary/aromatic N) is 4. The van der Waals surface area contributed by atoms with Crippen LogP contribution >= 0.6 is 0 Å². The van der Waals surface area contributed by atoms with Gasteiger partial charge in [0.25, 0.3) is 5.91 Å². The molecule has 1 aliphatic heterocycles. The Hall–Kier alpha value is -3.65. The average molecular weight is 489 g/mol. The molecule has 1 aliphatic rings. The third-order valence-electron chi connectivity index (χ3n) is 7.22. The highest BCUT2D eigenvalue weighted by Crippen LogP contribution is 2.28. The standard InChI is InChI=1S/C28H32N4O4/c1-18-22(27(33)6-5-11-35-3)8-9-24-23(18)17-32(29-24)16-19-14-31(15-19)28(34)26-13-20-12-21(36-4)7-10-25(20)30(26)2/h7-10,12-13,17,19H,5-6,11,14-16H2,1-4H3. The maximum atomic E-state index is 13.2. The van der Waals surface area contributed by atoms with Crippen molar-refractivity contribution in [3.05, 3.63) is 59.4 Å². The number of Topliss-reactive ketones (excluding diaryl/α,β-unsaturated/α-hetero) is 1. The number of fused-ring (bicyclic) bond motifs is 2. The first-order chi connectivity index (χ1) is 17.4. The molecule has 2 aromatic carbocycles. The van der Waals surface area contributed by atoms with Crippen LogP contribution in [0, 0.1) is 12.8 Å². The number of amides is 1. The summed E-state index contributed by atoms with van der Waals surface area (Å²) in [4.78, 5) is 27.7. The summed E-state index contributed by atoms with van der Waals surface area (Å²) in [6.45, 7) is 4.70. The van der Waals surface area contributed by atoms with E-state index >= 15 is 0 Å². The Morgan fingerprint density at radius 1 is 1.11 bits per heavy atom. The van der Waals surface area contributed by atoms with Crippen LogP contribution < -0.4 is 4.74 Å². The van der Waals surface area contributed by atoms with Gasteiger partial charge in [-0.25, -0.2) is 0 Å². The van der Waals surface area contributed by atoms with E-state index in [0.29, 0.717) is 37.7 Å². The van der Waals surface area contributed by atoms with E-state index in [2.05, 4.69) is 0 Å². The lowest BCUT2D eigenvalue weighted by atomic mass is 9.98. The SMILES string of the molecule is COCCCC(=O)c1ccc2nn(CC3CN(C(=O)c4cc5cc(OC)ccc5n4C)C3)cc2c1C. The maximum absolute atomic E-state index is 13.2. The fraction of sp³-hybridized carbons (Fsp3) is 0.393. The maximum Gasteiger partial charge on any atom is 0.270 e. The van der Waals surface area contributed by atoms with Gasteiger partial charge in [-0.3, -0.25) is 14.3 Å². The third-order valence-corrected chi connectivity index (χ3v) is 7.22. The molecule has 0 spiro atoms. The second kappa shape index (κ2) is 9.78. The Labute approximate surface area is 210 Å². The zero-order valence-corrected chi connectivity index (χ0v) is 21.3. The van der Waals surface area contributed by atoms with Gasteiger partial charge in [-0.1, -0.05) is 0 Å². The molecule has 0 unspecified atom stereocenters. The molecule has 36 heavy (non-hydrogen) atoms. The fourth-order valence-electron chi connectivity index (χ4n) is 5.13. The topological polar surface area (TPSA) is 78.6 Å². The molecule has 1 saturated heterocycles. The monoisotopic (exact) mass is 488 g/mol. The first-order valence-electron chi connectivity index (χ1n) is 12.3. The number of hydrogen-bond donors (Lipinski definition) is 0. The van der Waals surface area contributed by atoms with Gasteiger partial charge in [-0.2, -0.15) is 5.10 Å². The molecule has 0 bridgehead atoms. The lowest BCUT2D eigenvalue weighted by Crippen LogP contribution is -2.51. The third kappa shape index (κ3) is 4.37. The van der Waals surface area contributed by atoms with Crippen LogP contribution in [-0.4, -0.2) is 64.9 Å². The van der Waals surface area contributed by atoms with Crippen molar-refractivity contribution in [2.75, 3.05) is 33.9 Å². The number of aryl methyl sites for hydroxylation is 2. The molecule has 2 aromatic heterocycles. The van der Waals surface area contributed by atoms with Gasteiger partial charge in [0.1, 0.15) is 11.4 Å². The fourth-order valence-corrected chi connectivity index (χ4v) is 5.13. The predicted octanol–water partition coefficient (Wildman–Crippen LogP) is 4.23. The van der Waals surface area contributed by atoms with E-state index in [9.17, 15) is 9.59 Å². The number of methoxy groups -OCH3 is 2. The van der Waals surface area contributed by atoms with Crippen LogP contribution in [0.2, 0.25) is 0 Å². The molecule has 0 N–H and O–H groups in total. The van der Waals surface area contributed by atoms with Crippen LogP contribution in [0.3, 0.4) is 0 Å². The van der Waals surface area contributed by atoms with Gasteiger partial charge in [0, 0.05) is 80.8 Å². The number of ether oxygens (including phenoxy) is 2. The van der Waals surface area contributed by atoms with Crippen molar-refractivity contribution in [2.45, 2.75) is 26.3 Å². The number of aromatic nitrogens is 3. The molecule has 0 atom stereocenters. The highest BCUT2D eigenvalue weighted by atomic mass is 16.5. The smallest absolute Gasteiger partial charge is 0.270 e. The van der Waals surface area contributed by atoms with Gasteiger partial charge >= 0.3 is 0 Å². The first-order valence-corrected chi connectivity index (χ1v) is 12.3. The largest absolute Gasteiger partial charge is 0.497 e. The minimum Gasteiger partial charge on any atom is -0.497 e. The summed E-state index contributed by atoms with van der Waals surface area (Å²) in [6.07, 6.45) is 3.22. The van der Waals surface area contributed by atoms with Crippen LogP contribution in [0.5, 0.6) is 5.75 Å². The zero-order chi connectivity index (χ0) is 25.4. The highest BCUT2D eigenvalue weighted by Gasteiger charge is 2.33. The summed E-state index contributed by atoms with van der Waals surface area (Å²) < 4.78 is 14.3. The summed E-state index contributed by atoms with van der Waals surface area (Å²) in [6, 6.07) is 11.6. The van der Waals surface area contributed by atoms with Crippen LogP contribution in [0.15, 0.2) is 42.6 Å². The minimum atomic E-state index is 0.0435. The number of benzene rings is 2. The van der Waals surface area contributed by atoms with E-state index in [1.165, 1.54) is 0 Å². The number of likely N-dealkylation sites (tertiary alicyclic amines) is 1. The van der Waals surface area contributed by atoms with Gasteiger partial charge in [0.05, 0.1) is 12.6 Å². The van der Waals surface area contributed by atoms with Crippen molar-refractivity contribution < 1.29 is 19.1 Å². The van der Waals surface area contributed by atoms with Crippen LogP contribution in [0.25, 0.3) is 21.8 Å². The van der Waals surface area contributed by atoms with Crippen molar-refractivity contribution >= 4 is 33.5 Å². The van der Waals surface area contributed by atoms with Crippen molar-refractivity contribution in [1.29, 1.82) is 0 Å². The van der Waals surface area contributed by atoms with Crippen molar-refractivity contribution in [1.82, 2.24) is 19.2 Å². The number of hydrogen-bond acceptors (Lipinski definition) is 5. The molecular weight excluding hydrogens is 456 g/mol. The summed E-state index contributed by atoms with van der Waals surface area (Å²) in [5.41, 5.74) is 4.30. The average Bonchev–Trinajstić information content (AvgIpc) is 3.42. The van der Waals surface area contributed by atoms with E-state index in [1.807, 2.05) is 70.7 Å². The summed E-state index contributed by atoms with van der Waals surface area (Å²) in [5, 5.41) is 6.72. The predicted molar refractivity (Wildman–Crippen MR) is 139 cm³/mol. The second-order valence-corrected chi connectivity index (χ2v) is 9.63. The summed E-state index contributed by atoms with van der Waals surface area (Å²) in [7, 11) is 5.21. The molecule has 1 fully saturated rings. The molecule has 4 aromatic rings. The van der Waals surface area contributed by atoms with E-state index < -0.39 is 0 Å². The normalized spacial score (nSPS) is 13.9. The first kappa shape index (κ1) is 24.1. The minimum absolute atomic E-state index is 0.0435. The number of ketones is 1. The van der Waals surface area contributed by atoms with Gasteiger partial charge in [-0.05, 0) is 55.3 Å². The van der Waals surface area contributed by atoms with Crippen molar-refractivity contribution in [3.63, 3.8) is 0 Å². The molecule has 8 heteroatoms.